The van der Waals surface area contributed by atoms with E-state index in [0.29, 0.717) is 5.56 Å². The van der Waals surface area contributed by atoms with Crippen LogP contribution in [0, 0.1) is 5.82 Å². The second kappa shape index (κ2) is 8.31. The van der Waals surface area contributed by atoms with Crippen molar-refractivity contribution in [1.29, 1.82) is 0 Å². The molecule has 106 valence electrons. The number of nitrogens with one attached hydrogen (secondary N) is 1. The van der Waals surface area contributed by atoms with Gasteiger partial charge in [0.2, 0.25) is 0 Å². The topological polar surface area (TPSA) is 75.6 Å². The number of ether oxygens (including phenoxy) is 1. The highest BCUT2D eigenvalue weighted by molar-refractivity contribution is 5.85. The first-order valence-electron chi connectivity index (χ1n) is 5.43. The quantitative estimate of drug-likeness (QED) is 0.870. The standard InChI is InChI=1S/C12H14FNO4.ClH/c1-2-18-12(17)14-10(11(15)16)7-8-3-5-9(13)6-4-8;/h3-6,10H,2,7H2,1H3,(H,14,17)(H,15,16);1H/t10-;/m0./s1. The monoisotopic (exact) mass is 291 g/mol. The summed E-state index contributed by atoms with van der Waals surface area (Å²) >= 11 is 0. The average molecular weight is 292 g/mol. The molecular formula is C12H15ClFNO4. The Hall–Kier alpha value is -1.82. The van der Waals surface area contributed by atoms with Gasteiger partial charge in [-0.05, 0) is 24.6 Å². The van der Waals surface area contributed by atoms with Crippen molar-refractivity contribution in [3.8, 4) is 0 Å². The molecule has 1 atom stereocenters. The molecule has 1 amide bonds. The van der Waals surface area contributed by atoms with Crippen LogP contribution in [-0.2, 0) is 16.0 Å². The molecule has 0 spiro atoms. The van der Waals surface area contributed by atoms with Crippen LogP contribution in [0.15, 0.2) is 24.3 Å². The Bertz CT molecular complexity index is 424. The van der Waals surface area contributed by atoms with Gasteiger partial charge in [0.25, 0.3) is 0 Å². The third kappa shape index (κ3) is 6.05. The van der Waals surface area contributed by atoms with E-state index < -0.39 is 23.9 Å². The minimum atomic E-state index is -1.17. The number of aliphatic carboxylic acids is 1. The van der Waals surface area contributed by atoms with Crippen LogP contribution >= 0.6 is 12.4 Å². The summed E-state index contributed by atoms with van der Waals surface area (Å²) in [5.41, 5.74) is 0.612. The third-order valence-corrected chi connectivity index (χ3v) is 2.22. The first-order chi connectivity index (χ1) is 8.52. The van der Waals surface area contributed by atoms with E-state index in [4.69, 9.17) is 5.11 Å². The van der Waals surface area contributed by atoms with Gasteiger partial charge >= 0.3 is 12.1 Å². The highest BCUT2D eigenvalue weighted by atomic mass is 35.5. The predicted molar refractivity (Wildman–Crippen MR) is 68.9 cm³/mol. The highest BCUT2D eigenvalue weighted by Gasteiger charge is 2.20. The number of carbonyl (C=O) groups excluding carboxylic acids is 1. The van der Waals surface area contributed by atoms with Crippen molar-refractivity contribution < 1.29 is 23.8 Å². The van der Waals surface area contributed by atoms with Gasteiger partial charge in [0.15, 0.2) is 0 Å². The molecule has 5 nitrogen and oxygen atoms in total. The highest BCUT2D eigenvalue weighted by Crippen LogP contribution is 2.06. The van der Waals surface area contributed by atoms with Crippen LogP contribution in [0.1, 0.15) is 12.5 Å². The molecule has 0 fully saturated rings. The summed E-state index contributed by atoms with van der Waals surface area (Å²) in [6.45, 7) is 1.78. The second-order valence-electron chi connectivity index (χ2n) is 3.59. The van der Waals surface area contributed by atoms with Crippen molar-refractivity contribution in [3.05, 3.63) is 35.6 Å². The van der Waals surface area contributed by atoms with E-state index in [1.165, 1.54) is 24.3 Å². The Balaban J connectivity index is 0.00000324. The summed E-state index contributed by atoms with van der Waals surface area (Å²) in [5, 5.41) is 11.2. The number of halogens is 2. The number of hydrogen-bond acceptors (Lipinski definition) is 3. The number of benzene rings is 1. The summed E-state index contributed by atoms with van der Waals surface area (Å²) in [4.78, 5) is 22.1. The van der Waals surface area contributed by atoms with Crippen LogP contribution in [0.3, 0.4) is 0 Å². The number of hydrogen-bond donors (Lipinski definition) is 2. The van der Waals surface area contributed by atoms with E-state index in [1.54, 1.807) is 6.92 Å². The van der Waals surface area contributed by atoms with Gasteiger partial charge in [0.1, 0.15) is 11.9 Å². The maximum atomic E-state index is 12.7. The number of amides is 1. The van der Waals surface area contributed by atoms with Crippen LogP contribution in [0.25, 0.3) is 0 Å². The van der Waals surface area contributed by atoms with E-state index in [1.807, 2.05) is 0 Å². The first-order valence-corrected chi connectivity index (χ1v) is 5.43. The van der Waals surface area contributed by atoms with E-state index in [2.05, 4.69) is 10.1 Å². The van der Waals surface area contributed by atoms with Crippen LogP contribution in [0.2, 0.25) is 0 Å². The van der Waals surface area contributed by atoms with Crippen LogP contribution in [0.5, 0.6) is 0 Å². The molecule has 0 heterocycles. The lowest BCUT2D eigenvalue weighted by atomic mass is 10.1. The molecule has 1 aromatic rings. The van der Waals surface area contributed by atoms with Crippen molar-refractivity contribution >= 4 is 24.5 Å². The van der Waals surface area contributed by atoms with Crippen molar-refractivity contribution in [2.45, 2.75) is 19.4 Å². The molecule has 1 rings (SSSR count). The number of carbonyl (C=O) groups is 2. The molecule has 0 aromatic heterocycles. The first kappa shape index (κ1) is 17.2. The van der Waals surface area contributed by atoms with E-state index in [0.717, 1.165) is 0 Å². The fourth-order valence-electron chi connectivity index (χ4n) is 1.37. The molecule has 0 saturated heterocycles. The minimum absolute atomic E-state index is 0. The molecule has 0 bridgehead atoms. The molecule has 7 heteroatoms. The molecule has 0 aliphatic heterocycles. The fraction of sp³-hybridized carbons (Fsp3) is 0.333. The lowest BCUT2D eigenvalue weighted by Crippen LogP contribution is -2.42. The van der Waals surface area contributed by atoms with Crippen LogP contribution in [0.4, 0.5) is 9.18 Å². The molecule has 0 unspecified atom stereocenters. The van der Waals surface area contributed by atoms with E-state index in [-0.39, 0.29) is 25.4 Å². The molecule has 0 saturated carbocycles. The Morgan fingerprint density at radius 2 is 1.95 bits per heavy atom. The average Bonchev–Trinajstić information content (AvgIpc) is 2.31. The smallest absolute Gasteiger partial charge is 0.407 e. The van der Waals surface area contributed by atoms with Crippen molar-refractivity contribution in [3.63, 3.8) is 0 Å². The van der Waals surface area contributed by atoms with Gasteiger partial charge in [0, 0.05) is 6.42 Å². The lowest BCUT2D eigenvalue weighted by molar-refractivity contribution is -0.139. The zero-order chi connectivity index (χ0) is 13.5. The number of rotatable bonds is 5. The maximum absolute atomic E-state index is 12.7. The minimum Gasteiger partial charge on any atom is -0.480 e. The lowest BCUT2D eigenvalue weighted by Gasteiger charge is -2.14. The van der Waals surface area contributed by atoms with Gasteiger partial charge in [-0.25, -0.2) is 14.0 Å². The van der Waals surface area contributed by atoms with Crippen LogP contribution in [-0.4, -0.2) is 29.8 Å². The normalized spacial score (nSPS) is 11.1. The Labute approximate surface area is 116 Å². The Kier molecular flexibility index (Phi) is 7.52. The number of alkyl carbamates (subject to hydrolysis) is 1. The Morgan fingerprint density at radius 3 is 2.42 bits per heavy atom. The van der Waals surface area contributed by atoms with Gasteiger partial charge in [-0.2, -0.15) is 0 Å². The van der Waals surface area contributed by atoms with Crippen molar-refractivity contribution in [1.82, 2.24) is 5.32 Å². The van der Waals surface area contributed by atoms with Crippen molar-refractivity contribution in [2.75, 3.05) is 6.61 Å². The summed E-state index contributed by atoms with van der Waals surface area (Å²) in [7, 11) is 0. The zero-order valence-electron chi connectivity index (χ0n) is 10.3. The second-order valence-corrected chi connectivity index (χ2v) is 3.59. The third-order valence-electron chi connectivity index (χ3n) is 2.22. The summed E-state index contributed by atoms with van der Waals surface area (Å²) in [5.74, 6) is -1.57. The maximum Gasteiger partial charge on any atom is 0.407 e. The fourth-order valence-corrected chi connectivity index (χ4v) is 1.37. The summed E-state index contributed by atoms with van der Waals surface area (Å²) < 4.78 is 17.3. The van der Waals surface area contributed by atoms with E-state index >= 15 is 0 Å². The number of carboxylic acid groups (broad SMARTS) is 1. The number of carboxylic acids is 1. The van der Waals surface area contributed by atoms with Gasteiger partial charge in [-0.3, -0.25) is 0 Å². The van der Waals surface area contributed by atoms with E-state index in [9.17, 15) is 14.0 Å². The Morgan fingerprint density at radius 1 is 1.37 bits per heavy atom. The molecule has 2 N–H and O–H groups in total. The SMILES string of the molecule is CCOC(=O)N[C@@H](Cc1ccc(F)cc1)C(=O)O.Cl. The van der Waals surface area contributed by atoms with Gasteiger partial charge in [0.05, 0.1) is 6.61 Å². The largest absolute Gasteiger partial charge is 0.480 e. The molecule has 0 radical (unpaired) electrons. The predicted octanol–water partition coefficient (Wildman–Crippen LogP) is 1.99. The molecule has 1 aromatic carbocycles. The molecule has 0 aliphatic carbocycles. The molecule has 0 aliphatic rings. The van der Waals surface area contributed by atoms with Crippen LogP contribution < -0.4 is 5.32 Å². The zero-order valence-corrected chi connectivity index (χ0v) is 11.1. The van der Waals surface area contributed by atoms with Gasteiger partial charge in [-0.15, -0.1) is 12.4 Å². The summed E-state index contributed by atoms with van der Waals surface area (Å²) in [6, 6.07) is 4.31. The van der Waals surface area contributed by atoms with Gasteiger partial charge in [-0.1, -0.05) is 12.1 Å². The van der Waals surface area contributed by atoms with Gasteiger partial charge < -0.3 is 15.2 Å². The van der Waals surface area contributed by atoms with Crippen molar-refractivity contribution in [2.24, 2.45) is 0 Å². The molecular weight excluding hydrogens is 277 g/mol. The summed E-state index contributed by atoms with van der Waals surface area (Å²) in [6.07, 6.45) is -0.721. The molecule has 19 heavy (non-hydrogen) atoms.